The Kier molecular flexibility index (Phi) is 19.7. The first-order valence-corrected chi connectivity index (χ1v) is 25.8. The van der Waals surface area contributed by atoms with Crippen LogP contribution in [0.3, 0.4) is 0 Å². The lowest BCUT2D eigenvalue weighted by Gasteiger charge is -2.48. The lowest BCUT2D eigenvalue weighted by Crippen LogP contribution is -2.61. The summed E-state index contributed by atoms with van der Waals surface area (Å²) in [5, 5.41) is 34.1. The number of anilines is 1. The molecule has 2 aromatic rings. The molecule has 2 bridgehead atoms. The number of esters is 1. The molecule has 0 spiro atoms. The van der Waals surface area contributed by atoms with E-state index in [1.807, 2.05) is 59.7 Å². The van der Waals surface area contributed by atoms with Crippen molar-refractivity contribution in [2.75, 3.05) is 26.0 Å². The number of aliphatic hydroxyl groups excluding tert-OH is 1. The van der Waals surface area contributed by atoms with Crippen LogP contribution in [-0.2, 0) is 49.6 Å². The fourth-order valence-corrected chi connectivity index (χ4v) is 11.0. The van der Waals surface area contributed by atoms with Crippen LogP contribution in [0.4, 0.5) is 10.2 Å². The Morgan fingerprint density at radius 3 is 2.44 bits per heavy atom. The number of rotatable bonds is 13. The molecular formula is C51H78FN7O11S. The Morgan fingerprint density at radius 2 is 1.82 bits per heavy atom. The van der Waals surface area contributed by atoms with E-state index in [-0.39, 0.29) is 63.1 Å². The average Bonchev–Trinajstić information content (AvgIpc) is 3.77. The number of Topliss-reactive ketones (excluding diaryl/α,β-unsaturated/α-hetero) is 1. The molecule has 14 atom stereocenters. The molecule has 5 rings (SSSR count). The minimum atomic E-state index is -3.21. The molecule has 3 fully saturated rings. The standard InChI is InChI=1S/C51H78FN7O11S/c1-14-38-51(11,65)35-19-18-34(58-67-25-33-17-16-32(23-54-33)46-56-39(26-71-46)55-45(63)36(53)20-27(3)4)24-66-49(9,22-28(5)41(30(35)7)57-40(60)15-2)44(31(8)43(62)50(10,52)48(64)69-38)70-47-42(61)37(59(12)13)21-29(6)68-47/h16-17,23,26-31,35-38,42,44,47,61,65H,14-15,18-22,24-25,53H2,1-13H3,(H,55,63)/b57-41+,58-34+/t28-,29-,30-,31+,35-,36+,37+,38-,42-,44-,47+,49-,50+,51+/m1/s1. The number of pyridine rings is 1. The molecule has 396 valence electrons. The number of ether oxygens (including phenoxy) is 4. The summed E-state index contributed by atoms with van der Waals surface area (Å²) in [6.07, 6.45) is -2.41. The molecule has 3 aliphatic heterocycles. The monoisotopic (exact) mass is 1020 g/mol. The summed E-state index contributed by atoms with van der Waals surface area (Å²) in [7, 11) is 3.64. The van der Waals surface area contributed by atoms with E-state index in [1.54, 1.807) is 38.4 Å². The van der Waals surface area contributed by atoms with Crippen LogP contribution < -0.4 is 11.1 Å². The third kappa shape index (κ3) is 13.9. The number of aromatic nitrogens is 2. The molecule has 3 aliphatic rings. The van der Waals surface area contributed by atoms with E-state index in [4.69, 9.17) is 29.5 Å². The van der Waals surface area contributed by atoms with Crippen molar-refractivity contribution < 1.29 is 57.6 Å². The Bertz CT molecular complexity index is 2220. The second-order valence-corrected chi connectivity index (χ2v) is 21.8. The van der Waals surface area contributed by atoms with Crippen molar-refractivity contribution in [2.24, 2.45) is 45.5 Å². The maximum atomic E-state index is 17.1. The van der Waals surface area contributed by atoms with Gasteiger partial charge in [-0.05, 0) is 110 Å². The number of hydrogen-bond acceptors (Lipinski definition) is 17. The van der Waals surface area contributed by atoms with Gasteiger partial charge in [-0.1, -0.05) is 53.6 Å². The molecular weight excluding hydrogens is 938 g/mol. The Morgan fingerprint density at radius 1 is 1.11 bits per heavy atom. The number of nitrogens with zero attached hydrogens (tertiary/aromatic N) is 5. The van der Waals surface area contributed by atoms with Gasteiger partial charge in [0.1, 0.15) is 28.6 Å². The number of fused-ring (bicyclic) bond motifs is 5. The maximum absolute atomic E-state index is 17.1. The maximum Gasteiger partial charge on any atom is 0.351 e. The molecule has 0 saturated carbocycles. The van der Waals surface area contributed by atoms with Gasteiger partial charge in [0, 0.05) is 47.2 Å². The first-order chi connectivity index (χ1) is 33.2. The first-order valence-electron chi connectivity index (χ1n) is 25.0. The largest absolute Gasteiger partial charge is 0.457 e. The third-order valence-corrected chi connectivity index (χ3v) is 15.2. The number of thiazole rings is 1. The zero-order valence-corrected chi connectivity index (χ0v) is 44.6. The van der Waals surface area contributed by atoms with Crippen LogP contribution in [0.1, 0.15) is 127 Å². The Balaban J connectivity index is 1.57. The van der Waals surface area contributed by atoms with Crippen LogP contribution in [0.25, 0.3) is 10.6 Å². The number of hydrogen-bond donors (Lipinski definition) is 4. The summed E-state index contributed by atoms with van der Waals surface area (Å²) in [5.74, 6) is -6.10. The van der Waals surface area contributed by atoms with Gasteiger partial charge in [-0.2, -0.15) is 0 Å². The zero-order valence-electron chi connectivity index (χ0n) is 43.8. The van der Waals surface area contributed by atoms with Crippen LogP contribution in [0.2, 0.25) is 0 Å². The average molecular weight is 1020 g/mol. The number of ketones is 1. The van der Waals surface area contributed by atoms with Crippen molar-refractivity contribution in [3.63, 3.8) is 0 Å². The van der Waals surface area contributed by atoms with Gasteiger partial charge in [0.15, 0.2) is 18.7 Å². The topological polar surface area (TPSA) is 247 Å². The Labute approximate surface area is 422 Å². The predicted octanol–water partition coefficient (Wildman–Crippen LogP) is 6.45. The van der Waals surface area contributed by atoms with Crippen molar-refractivity contribution in [1.29, 1.82) is 0 Å². The summed E-state index contributed by atoms with van der Waals surface area (Å²) in [6.45, 7) is 18.2. The number of nitrogens with two attached hydrogens (primary N) is 1. The molecule has 20 heteroatoms. The number of cyclic esters (lactones) is 1. The number of oxime groups is 1. The summed E-state index contributed by atoms with van der Waals surface area (Å²) in [6, 6.07) is 2.53. The molecule has 0 unspecified atom stereocenters. The van der Waals surface area contributed by atoms with Crippen LogP contribution in [-0.4, -0.2) is 140 Å². The van der Waals surface area contributed by atoms with Gasteiger partial charge in [0.2, 0.25) is 11.8 Å². The predicted molar refractivity (Wildman–Crippen MR) is 268 cm³/mol. The van der Waals surface area contributed by atoms with Crippen molar-refractivity contribution >= 4 is 52.1 Å². The van der Waals surface area contributed by atoms with Crippen molar-refractivity contribution in [3.8, 4) is 10.6 Å². The quantitative estimate of drug-likeness (QED) is 0.0957. The molecule has 5 N–H and O–H groups in total. The van der Waals surface area contributed by atoms with Gasteiger partial charge in [0.25, 0.3) is 5.67 Å². The lowest BCUT2D eigenvalue weighted by molar-refractivity contribution is -0.296. The zero-order chi connectivity index (χ0) is 52.7. The van der Waals surface area contributed by atoms with E-state index < -0.39 is 95.1 Å². The van der Waals surface area contributed by atoms with E-state index in [2.05, 4.69) is 25.4 Å². The number of aliphatic hydroxyl groups is 2. The number of nitrogens with one attached hydrogen (secondary N) is 1. The number of carbonyl (C=O) groups excluding carboxylic acids is 4. The van der Waals surface area contributed by atoms with Crippen molar-refractivity contribution in [2.45, 2.75) is 187 Å². The molecule has 3 saturated heterocycles. The Hall–Kier alpha value is -4.15. The summed E-state index contributed by atoms with van der Waals surface area (Å²) in [4.78, 5) is 76.1. The smallest absolute Gasteiger partial charge is 0.351 e. The van der Waals surface area contributed by atoms with Gasteiger partial charge in [-0.25, -0.2) is 19.2 Å². The van der Waals surface area contributed by atoms with Gasteiger partial charge in [0.05, 0.1) is 41.9 Å². The minimum absolute atomic E-state index is 0.0352. The molecule has 0 aliphatic carbocycles. The molecule has 0 aromatic carbocycles. The molecule has 71 heavy (non-hydrogen) atoms. The number of aliphatic imine (C=N–C) groups is 1. The van der Waals surface area contributed by atoms with E-state index in [0.29, 0.717) is 46.3 Å². The fourth-order valence-electron chi connectivity index (χ4n) is 10.3. The van der Waals surface area contributed by atoms with E-state index >= 15 is 4.39 Å². The highest BCUT2D eigenvalue weighted by molar-refractivity contribution is 7.13. The number of amides is 2. The van der Waals surface area contributed by atoms with Crippen LogP contribution in [0, 0.1) is 29.6 Å². The van der Waals surface area contributed by atoms with Gasteiger partial charge >= 0.3 is 5.97 Å². The van der Waals surface area contributed by atoms with Crippen molar-refractivity contribution in [3.05, 3.63) is 29.4 Å². The molecule has 0 radical (unpaired) electrons. The van der Waals surface area contributed by atoms with Gasteiger partial charge in [-0.15, -0.1) is 11.3 Å². The molecule has 18 nitrogen and oxygen atoms in total. The number of carbonyl (C=O) groups is 4. The summed E-state index contributed by atoms with van der Waals surface area (Å²) >= 11 is 1.34. The van der Waals surface area contributed by atoms with Crippen LogP contribution in [0.15, 0.2) is 33.9 Å². The van der Waals surface area contributed by atoms with Crippen LogP contribution in [0.5, 0.6) is 0 Å². The highest BCUT2D eigenvalue weighted by atomic mass is 32.1. The molecule has 5 heterocycles. The van der Waals surface area contributed by atoms with Crippen LogP contribution >= 0.6 is 11.3 Å². The summed E-state index contributed by atoms with van der Waals surface area (Å²) in [5.41, 5.74) is 1.52. The SMILES string of the molecule is CCC(=O)/N=C1\[C@H](C)C[C@@]2(C)OC/C(=N/OCc3ccc(-c4nc(NC(=O)[C@@H](N)CC(C)C)cs4)cn3)CC[C@H]([C@H]1C)[C@](C)(O)[C@@H](CC)OC(=O)[C@@](C)(F)C(=O)[C@H](C)[C@H]2O[C@@H]1O[C@H](C)C[C@H](N(C)C)[C@H]1O. The first kappa shape index (κ1) is 57.7. The number of alkyl halides is 1. The lowest BCUT2D eigenvalue weighted by atomic mass is 9.68. The molecule has 2 aromatic heterocycles. The highest BCUT2D eigenvalue weighted by Crippen LogP contribution is 2.43. The molecule has 2 amide bonds. The van der Waals surface area contributed by atoms with Gasteiger partial charge in [-0.3, -0.25) is 19.4 Å². The van der Waals surface area contributed by atoms with Crippen molar-refractivity contribution in [1.82, 2.24) is 14.9 Å². The number of halogens is 1. The normalized spacial score (nSPS) is 35.1. The van der Waals surface area contributed by atoms with Gasteiger partial charge < -0.3 is 49.9 Å². The minimum Gasteiger partial charge on any atom is -0.457 e. The van der Waals surface area contributed by atoms with E-state index in [0.717, 1.165) is 6.92 Å². The second-order valence-electron chi connectivity index (χ2n) is 21.0. The highest BCUT2D eigenvalue weighted by Gasteiger charge is 2.56. The summed E-state index contributed by atoms with van der Waals surface area (Å²) < 4.78 is 42.8. The second kappa shape index (κ2) is 24.3. The van der Waals surface area contributed by atoms with E-state index in [1.165, 1.54) is 25.2 Å². The van der Waals surface area contributed by atoms with E-state index in [9.17, 15) is 29.4 Å². The third-order valence-electron chi connectivity index (χ3n) is 14.3. The number of likely N-dealkylation sites (N-methyl/N-ethyl adjacent to an activating group) is 1. The fraction of sp³-hybridized carbons (Fsp3) is 0.725.